The van der Waals surface area contributed by atoms with E-state index in [1.54, 1.807) is 18.2 Å². The third-order valence-electron chi connectivity index (χ3n) is 4.22. The monoisotopic (exact) mass is 288 g/mol. The average molecular weight is 288 g/mol. The Morgan fingerprint density at radius 1 is 1.48 bits per heavy atom. The summed E-state index contributed by atoms with van der Waals surface area (Å²) < 4.78 is 0. The number of benzene rings is 1. The van der Waals surface area contributed by atoms with Crippen LogP contribution in [0.25, 0.3) is 11.0 Å². The molecule has 1 aliphatic carbocycles. The molecule has 2 unspecified atom stereocenters. The number of aliphatic hydroxyl groups is 1. The highest BCUT2D eigenvalue weighted by Crippen LogP contribution is 2.31. The van der Waals surface area contributed by atoms with Crippen molar-refractivity contribution in [2.75, 3.05) is 6.54 Å². The molecule has 2 aromatic rings. The number of rotatable bonds is 3. The number of nitrogens with one attached hydrogen (secondary N) is 2. The molecular formula is C15H20N4O2. The molecule has 1 fully saturated rings. The maximum atomic E-state index is 12.2. The number of fused-ring (bicyclic) bond motifs is 1. The van der Waals surface area contributed by atoms with Gasteiger partial charge in [0.1, 0.15) is 11.0 Å². The molecule has 1 aromatic carbocycles. The van der Waals surface area contributed by atoms with Crippen LogP contribution in [0, 0.1) is 5.92 Å². The maximum absolute atomic E-state index is 12.2. The minimum absolute atomic E-state index is 0.188. The molecule has 0 spiro atoms. The lowest BCUT2D eigenvalue weighted by Crippen LogP contribution is -2.45. The van der Waals surface area contributed by atoms with Crippen LogP contribution >= 0.6 is 0 Å². The molecule has 112 valence electrons. The first-order valence-corrected chi connectivity index (χ1v) is 7.37. The highest BCUT2D eigenvalue weighted by Gasteiger charge is 2.32. The second-order valence-corrected chi connectivity index (χ2v) is 6.14. The van der Waals surface area contributed by atoms with E-state index in [9.17, 15) is 9.90 Å². The largest absolute Gasteiger partial charge is 0.388 e. The molecular weight excluding hydrogens is 268 g/mol. The van der Waals surface area contributed by atoms with E-state index < -0.39 is 5.60 Å². The summed E-state index contributed by atoms with van der Waals surface area (Å²) in [6.45, 7) is 2.44. The van der Waals surface area contributed by atoms with Gasteiger partial charge in [-0.15, -0.1) is 0 Å². The van der Waals surface area contributed by atoms with Crippen molar-refractivity contribution in [2.24, 2.45) is 5.92 Å². The lowest BCUT2D eigenvalue weighted by Gasteiger charge is -2.35. The van der Waals surface area contributed by atoms with Gasteiger partial charge >= 0.3 is 0 Å². The van der Waals surface area contributed by atoms with Gasteiger partial charge in [-0.25, -0.2) is 0 Å². The van der Waals surface area contributed by atoms with Crippen molar-refractivity contribution in [3.63, 3.8) is 0 Å². The molecule has 1 heterocycles. The molecule has 1 amide bonds. The zero-order chi connectivity index (χ0) is 14.9. The first kappa shape index (κ1) is 14.0. The molecule has 0 bridgehead atoms. The Bertz CT molecular complexity index is 654. The van der Waals surface area contributed by atoms with Crippen LogP contribution < -0.4 is 5.32 Å². The molecule has 1 saturated carbocycles. The predicted octanol–water partition coefficient (Wildman–Crippen LogP) is 1.63. The van der Waals surface area contributed by atoms with Crippen LogP contribution in [-0.2, 0) is 0 Å². The molecule has 21 heavy (non-hydrogen) atoms. The van der Waals surface area contributed by atoms with Crippen LogP contribution in [0.3, 0.4) is 0 Å². The predicted molar refractivity (Wildman–Crippen MR) is 78.8 cm³/mol. The number of amides is 1. The minimum atomic E-state index is -0.773. The van der Waals surface area contributed by atoms with E-state index in [0.29, 0.717) is 23.5 Å². The third-order valence-corrected chi connectivity index (χ3v) is 4.22. The van der Waals surface area contributed by atoms with Gasteiger partial charge in [-0.1, -0.05) is 19.8 Å². The Labute approximate surface area is 122 Å². The molecule has 0 aliphatic heterocycles. The quantitative estimate of drug-likeness (QED) is 0.800. The van der Waals surface area contributed by atoms with Gasteiger partial charge in [0.2, 0.25) is 0 Å². The fraction of sp³-hybridized carbons (Fsp3) is 0.533. The second kappa shape index (κ2) is 5.44. The second-order valence-electron chi connectivity index (χ2n) is 6.14. The zero-order valence-corrected chi connectivity index (χ0v) is 12.1. The summed E-state index contributed by atoms with van der Waals surface area (Å²) in [6.07, 6.45) is 3.66. The van der Waals surface area contributed by atoms with Gasteiger partial charge in [-0.2, -0.15) is 15.4 Å². The number of aromatic nitrogens is 3. The van der Waals surface area contributed by atoms with Gasteiger partial charge in [-0.05, 0) is 37.0 Å². The van der Waals surface area contributed by atoms with Crippen LogP contribution in [0.2, 0.25) is 0 Å². The van der Waals surface area contributed by atoms with Crippen molar-refractivity contribution in [1.82, 2.24) is 20.7 Å². The Kier molecular flexibility index (Phi) is 3.63. The van der Waals surface area contributed by atoms with Crippen LogP contribution in [0.4, 0.5) is 0 Å². The van der Waals surface area contributed by atoms with Crippen molar-refractivity contribution >= 4 is 16.9 Å². The van der Waals surface area contributed by atoms with Crippen molar-refractivity contribution < 1.29 is 9.90 Å². The number of aromatic amines is 1. The Hall–Kier alpha value is -1.95. The highest BCUT2D eigenvalue weighted by molar-refractivity contribution is 5.97. The average Bonchev–Trinajstić information content (AvgIpc) is 2.92. The summed E-state index contributed by atoms with van der Waals surface area (Å²) in [5.74, 6) is 0.318. The van der Waals surface area contributed by atoms with Crippen LogP contribution in [0.15, 0.2) is 18.2 Å². The van der Waals surface area contributed by atoms with Gasteiger partial charge in [-0.3, -0.25) is 4.79 Å². The number of carbonyl (C=O) groups is 1. The normalized spacial score (nSPS) is 25.9. The van der Waals surface area contributed by atoms with E-state index in [1.807, 2.05) is 0 Å². The summed E-state index contributed by atoms with van der Waals surface area (Å²) in [7, 11) is 0. The van der Waals surface area contributed by atoms with Crippen LogP contribution in [0.5, 0.6) is 0 Å². The molecule has 1 aliphatic rings. The highest BCUT2D eigenvalue weighted by atomic mass is 16.3. The lowest BCUT2D eigenvalue weighted by molar-refractivity contribution is -0.0109. The van der Waals surface area contributed by atoms with E-state index in [1.165, 1.54) is 0 Å². The van der Waals surface area contributed by atoms with Crippen molar-refractivity contribution in [3.8, 4) is 0 Å². The summed E-state index contributed by atoms with van der Waals surface area (Å²) in [5.41, 5.74) is 1.15. The number of hydrogen-bond acceptors (Lipinski definition) is 4. The Balaban J connectivity index is 1.65. The molecule has 2 atom stereocenters. The van der Waals surface area contributed by atoms with E-state index in [2.05, 4.69) is 27.7 Å². The van der Waals surface area contributed by atoms with E-state index >= 15 is 0 Å². The summed E-state index contributed by atoms with van der Waals surface area (Å²) >= 11 is 0. The van der Waals surface area contributed by atoms with Gasteiger partial charge in [0.15, 0.2) is 0 Å². The van der Waals surface area contributed by atoms with Crippen molar-refractivity contribution in [2.45, 2.75) is 38.2 Å². The van der Waals surface area contributed by atoms with E-state index in [0.717, 1.165) is 31.2 Å². The SMILES string of the molecule is CC1CCCC(O)(CNC(=O)c2ccc3n[nH]nc3c2)C1. The molecule has 3 N–H and O–H groups in total. The number of nitrogens with zero attached hydrogens (tertiary/aromatic N) is 2. The molecule has 3 rings (SSSR count). The lowest BCUT2D eigenvalue weighted by atomic mass is 9.79. The van der Waals surface area contributed by atoms with Gasteiger partial charge in [0, 0.05) is 12.1 Å². The topological polar surface area (TPSA) is 90.9 Å². The minimum Gasteiger partial charge on any atom is -0.388 e. The van der Waals surface area contributed by atoms with Crippen molar-refractivity contribution in [1.29, 1.82) is 0 Å². The third kappa shape index (κ3) is 3.05. The smallest absolute Gasteiger partial charge is 0.251 e. The fourth-order valence-electron chi connectivity index (χ4n) is 3.12. The first-order valence-electron chi connectivity index (χ1n) is 7.37. The first-order chi connectivity index (χ1) is 10.1. The Morgan fingerprint density at radius 2 is 2.29 bits per heavy atom. The van der Waals surface area contributed by atoms with Crippen molar-refractivity contribution in [3.05, 3.63) is 23.8 Å². The van der Waals surface area contributed by atoms with Crippen LogP contribution in [0.1, 0.15) is 43.0 Å². The summed E-state index contributed by atoms with van der Waals surface area (Å²) in [6, 6.07) is 5.17. The van der Waals surface area contributed by atoms with Gasteiger partial charge in [0.25, 0.3) is 5.91 Å². The van der Waals surface area contributed by atoms with E-state index in [-0.39, 0.29) is 5.91 Å². The fourth-order valence-corrected chi connectivity index (χ4v) is 3.12. The van der Waals surface area contributed by atoms with Gasteiger partial charge < -0.3 is 10.4 Å². The van der Waals surface area contributed by atoms with Gasteiger partial charge in [0.05, 0.1) is 5.60 Å². The molecule has 6 heteroatoms. The zero-order valence-electron chi connectivity index (χ0n) is 12.1. The maximum Gasteiger partial charge on any atom is 0.251 e. The molecule has 1 aromatic heterocycles. The summed E-state index contributed by atoms with van der Waals surface area (Å²) in [4.78, 5) is 12.2. The Morgan fingerprint density at radius 3 is 3.10 bits per heavy atom. The number of hydrogen-bond donors (Lipinski definition) is 3. The molecule has 6 nitrogen and oxygen atoms in total. The molecule has 0 radical (unpaired) electrons. The number of carbonyl (C=O) groups excluding carboxylic acids is 1. The van der Waals surface area contributed by atoms with Crippen LogP contribution in [-0.4, -0.2) is 38.6 Å². The van der Waals surface area contributed by atoms with E-state index in [4.69, 9.17) is 0 Å². The summed E-state index contributed by atoms with van der Waals surface area (Å²) in [5, 5.41) is 23.8. The number of H-pyrrole nitrogens is 1. The standard InChI is InChI=1S/C15H20N4O2/c1-10-3-2-6-15(21,8-10)9-16-14(20)11-4-5-12-13(7-11)18-19-17-12/h4-5,7,10,21H,2-3,6,8-9H2,1H3,(H,16,20)(H,17,18,19). The molecule has 0 saturated heterocycles.